The van der Waals surface area contributed by atoms with Gasteiger partial charge in [-0.2, -0.15) is 0 Å². The highest BCUT2D eigenvalue weighted by atomic mass is 32.1. The molecule has 96 valence electrons. The van der Waals surface area contributed by atoms with Crippen molar-refractivity contribution in [2.75, 3.05) is 6.61 Å². The van der Waals surface area contributed by atoms with Crippen molar-refractivity contribution in [1.82, 2.24) is 0 Å². The smallest absolute Gasteiger partial charge is 0.182 e. The number of benzene rings is 1. The Bertz CT molecular complexity index is 676. The molecule has 0 aliphatic heterocycles. The molecule has 0 fully saturated rings. The molecule has 2 heterocycles. The van der Waals surface area contributed by atoms with Crippen LogP contribution in [0.25, 0.3) is 10.1 Å². The van der Waals surface area contributed by atoms with Gasteiger partial charge in [-0.3, -0.25) is 0 Å². The first-order chi connectivity index (χ1) is 9.31. The van der Waals surface area contributed by atoms with E-state index < -0.39 is 0 Å². The number of ether oxygens (including phenoxy) is 1. The van der Waals surface area contributed by atoms with E-state index in [9.17, 15) is 0 Å². The summed E-state index contributed by atoms with van der Waals surface area (Å²) in [6.07, 6.45) is 4.10. The molecule has 0 N–H and O–H groups in total. The monoisotopic (exact) mass is 270 g/mol. The summed E-state index contributed by atoms with van der Waals surface area (Å²) in [4.78, 5) is 1.34. The second-order valence-corrected chi connectivity index (χ2v) is 5.81. The zero-order valence-corrected chi connectivity index (χ0v) is 11.7. The average molecular weight is 270 g/mol. The first-order valence-corrected chi connectivity index (χ1v) is 7.20. The Morgan fingerprint density at radius 1 is 1.11 bits per heavy atom. The summed E-state index contributed by atoms with van der Waals surface area (Å²) in [6, 6.07) is 14.6. The summed E-state index contributed by atoms with van der Waals surface area (Å²) >= 11 is 1.82. The fourth-order valence-corrected chi connectivity index (χ4v) is 3.00. The number of aryl methyl sites for hydroxylation is 1. The number of fused-ring (bicyclic) bond motifs is 1. The van der Waals surface area contributed by atoms with Crippen LogP contribution in [0.5, 0.6) is 5.75 Å². The zero-order valence-electron chi connectivity index (χ0n) is 10.9. The summed E-state index contributed by atoms with van der Waals surface area (Å²) in [5.41, 5.74) is 0. The van der Waals surface area contributed by atoms with Crippen molar-refractivity contribution in [1.29, 1.82) is 0 Å². The Morgan fingerprint density at radius 2 is 1.95 bits per heavy atom. The summed E-state index contributed by atoms with van der Waals surface area (Å²) in [5.74, 6) is 0.946. The Hall–Kier alpha value is -1.87. The maximum Gasteiger partial charge on any atom is 0.182 e. The Morgan fingerprint density at radius 3 is 2.79 bits per heavy atom. The predicted octanol–water partition coefficient (Wildman–Crippen LogP) is 3.58. The van der Waals surface area contributed by atoms with Gasteiger partial charge in [-0.15, -0.1) is 11.3 Å². The molecule has 0 unspecified atom stereocenters. The van der Waals surface area contributed by atoms with Gasteiger partial charge in [0.25, 0.3) is 0 Å². The fraction of sp³-hybridized carbons (Fsp3) is 0.188. The molecule has 0 saturated heterocycles. The van der Waals surface area contributed by atoms with Crippen LogP contribution in [0.4, 0.5) is 0 Å². The van der Waals surface area contributed by atoms with Crippen LogP contribution >= 0.6 is 11.3 Å². The van der Waals surface area contributed by atoms with Gasteiger partial charge >= 0.3 is 0 Å². The Kier molecular flexibility index (Phi) is 3.47. The maximum absolute atomic E-state index is 5.81. The lowest BCUT2D eigenvalue weighted by Gasteiger charge is -2.04. The molecule has 3 aromatic rings. The zero-order chi connectivity index (χ0) is 13.1. The number of hydrogen-bond acceptors (Lipinski definition) is 2. The highest BCUT2D eigenvalue weighted by Crippen LogP contribution is 2.28. The standard InChI is InChI=1S/C16H16NOS/c1-13-11-14-12-15(5-6-16(14)19-13)18-10-9-17-7-3-2-4-8-17/h2-8,11-12H,9-10H2,1H3/q+1. The van der Waals surface area contributed by atoms with E-state index in [4.69, 9.17) is 4.74 Å². The van der Waals surface area contributed by atoms with Gasteiger partial charge in [-0.05, 0) is 36.6 Å². The molecule has 0 aliphatic rings. The van der Waals surface area contributed by atoms with Gasteiger partial charge in [-0.1, -0.05) is 6.07 Å². The third-order valence-electron chi connectivity index (χ3n) is 3.01. The van der Waals surface area contributed by atoms with Crippen LogP contribution in [-0.4, -0.2) is 6.61 Å². The van der Waals surface area contributed by atoms with Crippen molar-refractivity contribution in [3.63, 3.8) is 0 Å². The van der Waals surface area contributed by atoms with Gasteiger partial charge in [0.1, 0.15) is 12.4 Å². The van der Waals surface area contributed by atoms with E-state index in [2.05, 4.69) is 42.1 Å². The number of rotatable bonds is 4. The van der Waals surface area contributed by atoms with Crippen molar-refractivity contribution < 1.29 is 9.30 Å². The number of pyridine rings is 1. The van der Waals surface area contributed by atoms with E-state index in [0.29, 0.717) is 6.61 Å². The highest BCUT2D eigenvalue weighted by Gasteiger charge is 2.02. The minimum absolute atomic E-state index is 0.684. The van der Waals surface area contributed by atoms with Crippen molar-refractivity contribution in [2.45, 2.75) is 13.5 Å². The van der Waals surface area contributed by atoms with Gasteiger partial charge < -0.3 is 4.74 Å². The van der Waals surface area contributed by atoms with Crippen LogP contribution in [-0.2, 0) is 6.54 Å². The molecule has 0 spiro atoms. The molecule has 0 atom stereocenters. The van der Waals surface area contributed by atoms with Crippen LogP contribution < -0.4 is 9.30 Å². The van der Waals surface area contributed by atoms with E-state index >= 15 is 0 Å². The molecule has 2 nitrogen and oxygen atoms in total. The van der Waals surface area contributed by atoms with Crippen molar-refractivity contribution in [3.8, 4) is 5.75 Å². The van der Waals surface area contributed by atoms with Gasteiger partial charge in [0.2, 0.25) is 0 Å². The molecule has 0 saturated carbocycles. The average Bonchev–Trinajstić information content (AvgIpc) is 2.79. The largest absolute Gasteiger partial charge is 0.487 e. The van der Waals surface area contributed by atoms with E-state index in [0.717, 1.165) is 12.3 Å². The molecule has 3 rings (SSSR count). The summed E-state index contributed by atoms with van der Waals surface area (Å²) in [5, 5.41) is 1.27. The third kappa shape index (κ3) is 2.93. The molecule has 3 heteroatoms. The van der Waals surface area contributed by atoms with E-state index in [1.54, 1.807) is 0 Å². The lowest BCUT2D eigenvalue weighted by atomic mass is 10.2. The van der Waals surface area contributed by atoms with Gasteiger partial charge in [0, 0.05) is 21.7 Å². The van der Waals surface area contributed by atoms with Crippen LogP contribution in [0.2, 0.25) is 0 Å². The highest BCUT2D eigenvalue weighted by molar-refractivity contribution is 7.19. The number of nitrogens with zero attached hydrogens (tertiary/aromatic N) is 1. The summed E-state index contributed by atoms with van der Waals surface area (Å²) in [7, 11) is 0. The lowest BCUT2D eigenvalue weighted by molar-refractivity contribution is -0.697. The number of thiophene rings is 1. The van der Waals surface area contributed by atoms with Gasteiger partial charge in [-0.25, -0.2) is 4.57 Å². The van der Waals surface area contributed by atoms with Crippen molar-refractivity contribution in [3.05, 3.63) is 59.7 Å². The third-order valence-corrected chi connectivity index (χ3v) is 4.04. The molecule has 2 aromatic heterocycles. The first-order valence-electron chi connectivity index (χ1n) is 6.38. The van der Waals surface area contributed by atoms with Gasteiger partial charge in [0.15, 0.2) is 18.9 Å². The molecule has 1 aromatic carbocycles. The first kappa shape index (κ1) is 12.2. The Labute approximate surface area is 116 Å². The van der Waals surface area contributed by atoms with Crippen LogP contribution in [0.3, 0.4) is 0 Å². The van der Waals surface area contributed by atoms with Crippen LogP contribution in [0.15, 0.2) is 54.9 Å². The molecule has 0 aliphatic carbocycles. The second kappa shape index (κ2) is 5.41. The second-order valence-electron chi connectivity index (χ2n) is 4.52. The normalized spacial score (nSPS) is 10.8. The minimum atomic E-state index is 0.684. The molecular weight excluding hydrogens is 254 g/mol. The van der Waals surface area contributed by atoms with Crippen LogP contribution in [0.1, 0.15) is 4.88 Å². The minimum Gasteiger partial charge on any atom is -0.487 e. The molecule has 0 amide bonds. The SMILES string of the molecule is Cc1cc2cc(OCC[n+]3ccccc3)ccc2s1. The Balaban J connectivity index is 1.65. The maximum atomic E-state index is 5.81. The lowest BCUT2D eigenvalue weighted by Crippen LogP contribution is -2.35. The fourth-order valence-electron chi connectivity index (χ4n) is 2.10. The predicted molar refractivity (Wildman–Crippen MR) is 78.7 cm³/mol. The van der Waals surface area contributed by atoms with Gasteiger partial charge in [0.05, 0.1) is 0 Å². The van der Waals surface area contributed by atoms with E-state index in [1.165, 1.54) is 15.0 Å². The van der Waals surface area contributed by atoms with Crippen LogP contribution in [0, 0.1) is 6.92 Å². The van der Waals surface area contributed by atoms with E-state index in [1.807, 2.05) is 35.6 Å². The number of hydrogen-bond donors (Lipinski definition) is 0. The molecular formula is C16H16NOS+. The quantitative estimate of drug-likeness (QED) is 0.660. The van der Waals surface area contributed by atoms with Crippen molar-refractivity contribution >= 4 is 21.4 Å². The molecule has 19 heavy (non-hydrogen) atoms. The summed E-state index contributed by atoms with van der Waals surface area (Å²) in [6.45, 7) is 3.68. The summed E-state index contributed by atoms with van der Waals surface area (Å²) < 4.78 is 9.25. The van der Waals surface area contributed by atoms with E-state index in [-0.39, 0.29) is 0 Å². The molecule has 0 bridgehead atoms. The van der Waals surface area contributed by atoms with Crippen molar-refractivity contribution in [2.24, 2.45) is 0 Å². The molecule has 0 radical (unpaired) electrons. The topological polar surface area (TPSA) is 13.1 Å². The number of aromatic nitrogens is 1.